The van der Waals surface area contributed by atoms with Crippen LogP contribution in [-0.2, 0) is 4.79 Å². The maximum Gasteiger partial charge on any atom is 0.258 e. The molecular formula is C20H22N2O2. The molecule has 0 unspecified atom stereocenters. The van der Waals surface area contributed by atoms with Crippen molar-refractivity contribution in [3.05, 3.63) is 60.4 Å². The lowest BCUT2D eigenvalue weighted by Gasteiger charge is -2.49. The minimum absolute atomic E-state index is 0.0427. The second-order valence-electron chi connectivity index (χ2n) is 6.77. The van der Waals surface area contributed by atoms with Crippen LogP contribution in [0.5, 0.6) is 5.75 Å². The maximum atomic E-state index is 12.3. The lowest BCUT2D eigenvalue weighted by Crippen LogP contribution is -2.57. The Hall–Kier alpha value is -2.36. The number of fused-ring (bicyclic) bond motifs is 1. The van der Waals surface area contributed by atoms with E-state index in [1.807, 2.05) is 12.1 Å². The van der Waals surface area contributed by atoms with E-state index in [9.17, 15) is 4.79 Å². The number of rotatable bonds is 5. The van der Waals surface area contributed by atoms with Gasteiger partial charge in [-0.15, -0.1) is 0 Å². The van der Waals surface area contributed by atoms with E-state index in [2.05, 4.69) is 34.6 Å². The molecule has 2 saturated carbocycles. The Kier molecular flexibility index (Phi) is 4.20. The molecule has 24 heavy (non-hydrogen) atoms. The van der Waals surface area contributed by atoms with Gasteiger partial charge in [-0.25, -0.2) is 0 Å². The molecule has 0 spiro atoms. The van der Waals surface area contributed by atoms with Crippen molar-refractivity contribution < 1.29 is 9.53 Å². The van der Waals surface area contributed by atoms with E-state index in [0.717, 1.165) is 5.92 Å². The summed E-state index contributed by atoms with van der Waals surface area (Å²) in [5.74, 6) is 2.37. The summed E-state index contributed by atoms with van der Waals surface area (Å²) in [5, 5.41) is 3.22. The number of amides is 1. The molecule has 4 heteroatoms. The Labute approximate surface area is 142 Å². The van der Waals surface area contributed by atoms with Gasteiger partial charge in [0, 0.05) is 18.2 Å². The van der Waals surface area contributed by atoms with Crippen molar-refractivity contribution in [2.24, 2.45) is 11.8 Å². The van der Waals surface area contributed by atoms with Crippen molar-refractivity contribution in [3.8, 4) is 5.75 Å². The highest BCUT2D eigenvalue weighted by Crippen LogP contribution is 2.55. The normalized spacial score (nSPS) is 27.8. The Bertz CT molecular complexity index is 689. The molecule has 1 heterocycles. The zero-order valence-corrected chi connectivity index (χ0v) is 13.6. The molecule has 0 radical (unpaired) electrons. The van der Waals surface area contributed by atoms with Crippen LogP contribution >= 0.6 is 0 Å². The van der Waals surface area contributed by atoms with Crippen LogP contribution < -0.4 is 10.1 Å². The van der Waals surface area contributed by atoms with Crippen molar-refractivity contribution in [1.82, 2.24) is 10.3 Å². The number of nitrogens with one attached hydrogen (secondary N) is 1. The van der Waals surface area contributed by atoms with Gasteiger partial charge in [0.2, 0.25) is 0 Å². The van der Waals surface area contributed by atoms with Gasteiger partial charge in [-0.2, -0.15) is 0 Å². The van der Waals surface area contributed by atoms with E-state index in [1.54, 1.807) is 18.5 Å². The smallest absolute Gasteiger partial charge is 0.258 e. The maximum absolute atomic E-state index is 12.3. The molecule has 1 aromatic carbocycles. The summed E-state index contributed by atoms with van der Waals surface area (Å²) in [6, 6.07) is 14.4. The highest BCUT2D eigenvalue weighted by molar-refractivity contribution is 5.78. The highest BCUT2D eigenvalue weighted by atomic mass is 16.5. The van der Waals surface area contributed by atoms with Crippen LogP contribution in [0.3, 0.4) is 0 Å². The molecular weight excluding hydrogens is 300 g/mol. The summed E-state index contributed by atoms with van der Waals surface area (Å²) < 4.78 is 5.52. The number of hydrogen-bond acceptors (Lipinski definition) is 3. The average molecular weight is 322 g/mol. The summed E-state index contributed by atoms with van der Waals surface area (Å²) in [6.07, 6.45) is 7.09. The molecule has 124 valence electrons. The Morgan fingerprint density at radius 2 is 1.96 bits per heavy atom. The third kappa shape index (κ3) is 2.88. The van der Waals surface area contributed by atoms with Crippen LogP contribution in [0, 0.1) is 11.8 Å². The SMILES string of the molecule is O=C(COc1cccnc1)N[C@@H]1[C@@H]2CCC[C@H]2[C@@H]1c1ccccc1. The third-order valence-corrected chi connectivity index (χ3v) is 5.45. The number of aromatic nitrogens is 1. The van der Waals surface area contributed by atoms with Crippen LogP contribution in [-0.4, -0.2) is 23.5 Å². The number of pyridine rings is 1. The summed E-state index contributed by atoms with van der Waals surface area (Å²) in [4.78, 5) is 16.3. The molecule has 0 saturated heterocycles. The molecule has 0 aliphatic heterocycles. The first-order chi connectivity index (χ1) is 11.8. The lowest BCUT2D eigenvalue weighted by atomic mass is 9.60. The van der Waals surface area contributed by atoms with Gasteiger partial charge in [0.1, 0.15) is 5.75 Å². The Balaban J connectivity index is 1.40. The van der Waals surface area contributed by atoms with E-state index in [4.69, 9.17) is 4.74 Å². The van der Waals surface area contributed by atoms with Gasteiger partial charge >= 0.3 is 0 Å². The number of carbonyl (C=O) groups is 1. The van der Waals surface area contributed by atoms with Gasteiger partial charge < -0.3 is 10.1 Å². The molecule has 4 atom stereocenters. The summed E-state index contributed by atoms with van der Waals surface area (Å²) in [6.45, 7) is 0.0427. The first-order valence-electron chi connectivity index (χ1n) is 8.70. The Morgan fingerprint density at radius 1 is 1.12 bits per heavy atom. The fourth-order valence-corrected chi connectivity index (χ4v) is 4.43. The van der Waals surface area contributed by atoms with Crippen molar-refractivity contribution in [3.63, 3.8) is 0 Å². The fraction of sp³-hybridized carbons (Fsp3) is 0.400. The van der Waals surface area contributed by atoms with Crippen LogP contribution in [0.25, 0.3) is 0 Å². The molecule has 4 nitrogen and oxygen atoms in total. The zero-order chi connectivity index (χ0) is 16.4. The summed E-state index contributed by atoms with van der Waals surface area (Å²) >= 11 is 0. The average Bonchev–Trinajstić information content (AvgIpc) is 3.04. The van der Waals surface area contributed by atoms with Gasteiger partial charge in [-0.05, 0) is 42.4 Å². The molecule has 2 aliphatic rings. The van der Waals surface area contributed by atoms with Crippen LogP contribution in [0.15, 0.2) is 54.9 Å². The molecule has 2 aliphatic carbocycles. The predicted molar refractivity (Wildman–Crippen MR) is 91.7 cm³/mol. The topological polar surface area (TPSA) is 51.2 Å². The summed E-state index contributed by atoms with van der Waals surface area (Å²) in [5.41, 5.74) is 1.35. The second kappa shape index (κ2) is 6.63. The first kappa shape index (κ1) is 15.2. The standard InChI is InChI=1S/C20H22N2O2/c23-18(13-24-15-8-5-11-21-12-15)22-20-17-10-4-9-16(17)19(20)14-6-2-1-3-7-14/h1-3,5-8,11-12,16-17,19-20H,4,9-10,13H2,(H,22,23)/t16-,17-,19+,20-/m1/s1. The van der Waals surface area contributed by atoms with E-state index in [-0.39, 0.29) is 18.6 Å². The quantitative estimate of drug-likeness (QED) is 0.920. The number of carbonyl (C=O) groups excluding carboxylic acids is 1. The zero-order valence-electron chi connectivity index (χ0n) is 13.6. The summed E-state index contributed by atoms with van der Waals surface area (Å²) in [7, 11) is 0. The second-order valence-corrected chi connectivity index (χ2v) is 6.77. The van der Waals surface area contributed by atoms with E-state index >= 15 is 0 Å². The van der Waals surface area contributed by atoms with Gasteiger partial charge in [-0.1, -0.05) is 36.8 Å². The van der Waals surface area contributed by atoms with Crippen molar-refractivity contribution in [2.45, 2.75) is 31.2 Å². The molecule has 1 N–H and O–H groups in total. The molecule has 2 aromatic rings. The predicted octanol–water partition coefficient (Wildman–Crippen LogP) is 3.16. The van der Waals surface area contributed by atoms with E-state index < -0.39 is 0 Å². The van der Waals surface area contributed by atoms with E-state index in [0.29, 0.717) is 17.6 Å². The van der Waals surface area contributed by atoms with Crippen molar-refractivity contribution in [2.75, 3.05) is 6.61 Å². The molecule has 0 bridgehead atoms. The van der Waals surface area contributed by atoms with Crippen molar-refractivity contribution in [1.29, 1.82) is 0 Å². The van der Waals surface area contributed by atoms with Gasteiger partial charge in [0.25, 0.3) is 5.91 Å². The van der Waals surface area contributed by atoms with Gasteiger partial charge in [0.05, 0.1) is 6.20 Å². The van der Waals surface area contributed by atoms with Crippen LogP contribution in [0.2, 0.25) is 0 Å². The number of benzene rings is 1. The fourth-order valence-electron chi connectivity index (χ4n) is 4.43. The minimum Gasteiger partial charge on any atom is -0.482 e. The molecule has 2 fully saturated rings. The monoisotopic (exact) mass is 322 g/mol. The minimum atomic E-state index is -0.0462. The van der Waals surface area contributed by atoms with Crippen molar-refractivity contribution >= 4 is 5.91 Å². The van der Waals surface area contributed by atoms with Crippen LogP contribution in [0.1, 0.15) is 30.7 Å². The molecule has 1 amide bonds. The largest absolute Gasteiger partial charge is 0.482 e. The number of hydrogen-bond donors (Lipinski definition) is 1. The van der Waals surface area contributed by atoms with E-state index in [1.165, 1.54) is 24.8 Å². The number of nitrogens with zero attached hydrogens (tertiary/aromatic N) is 1. The van der Waals surface area contributed by atoms with Crippen LogP contribution in [0.4, 0.5) is 0 Å². The number of ether oxygens (including phenoxy) is 1. The third-order valence-electron chi connectivity index (χ3n) is 5.45. The molecule has 4 rings (SSSR count). The highest BCUT2D eigenvalue weighted by Gasteiger charge is 2.53. The van der Waals surface area contributed by atoms with Gasteiger partial charge in [-0.3, -0.25) is 9.78 Å². The lowest BCUT2D eigenvalue weighted by molar-refractivity contribution is -0.126. The molecule has 1 aromatic heterocycles. The Morgan fingerprint density at radius 3 is 2.75 bits per heavy atom. The van der Waals surface area contributed by atoms with Gasteiger partial charge in [0.15, 0.2) is 6.61 Å². The first-order valence-corrected chi connectivity index (χ1v) is 8.70.